The molecule has 184 valence electrons. The van der Waals surface area contributed by atoms with Crippen LogP contribution in [0.4, 0.5) is 0 Å². The topological polar surface area (TPSA) is 83.0 Å². The van der Waals surface area contributed by atoms with Crippen molar-refractivity contribution >= 4 is 39.8 Å². The van der Waals surface area contributed by atoms with E-state index in [2.05, 4.69) is 22.5 Å². The van der Waals surface area contributed by atoms with Gasteiger partial charge in [0.25, 0.3) is 0 Å². The van der Waals surface area contributed by atoms with Crippen LogP contribution in [0.1, 0.15) is 71.1 Å². The van der Waals surface area contributed by atoms with Crippen LogP contribution in [0.25, 0.3) is 0 Å². The number of nitrogens with zero attached hydrogens (tertiary/aromatic N) is 2. The first-order chi connectivity index (χ1) is 14.5. The number of rotatable bonds is 11. The summed E-state index contributed by atoms with van der Waals surface area (Å²) in [5.41, 5.74) is 0. The molecule has 0 bridgehead atoms. The number of halogens is 1. The van der Waals surface area contributed by atoms with Gasteiger partial charge in [0.15, 0.2) is 5.96 Å². The lowest BCUT2D eigenvalue weighted by Crippen LogP contribution is -2.49. The molecule has 0 aromatic carbocycles. The predicted molar refractivity (Wildman–Crippen MR) is 140 cm³/mol. The van der Waals surface area contributed by atoms with Gasteiger partial charge in [-0.1, -0.05) is 25.7 Å². The third-order valence-corrected chi connectivity index (χ3v) is 6.95. The van der Waals surface area contributed by atoms with Crippen LogP contribution in [-0.2, 0) is 14.6 Å². The van der Waals surface area contributed by atoms with Crippen LogP contribution in [0, 0.1) is 0 Å². The van der Waals surface area contributed by atoms with Gasteiger partial charge in [-0.3, -0.25) is 4.99 Å². The van der Waals surface area contributed by atoms with Crippen LogP contribution in [0.15, 0.2) is 4.99 Å². The molecule has 2 rings (SSSR count). The molecule has 2 aliphatic rings. The number of hydrogen-bond donors (Lipinski definition) is 2. The lowest BCUT2D eigenvalue weighted by molar-refractivity contribution is 0.0413. The first-order valence-corrected chi connectivity index (χ1v) is 14.1. The van der Waals surface area contributed by atoms with Crippen molar-refractivity contribution in [2.24, 2.45) is 4.99 Å². The summed E-state index contributed by atoms with van der Waals surface area (Å²) in [5, 5.41) is 6.91. The van der Waals surface area contributed by atoms with E-state index in [1.165, 1.54) is 44.8 Å². The summed E-state index contributed by atoms with van der Waals surface area (Å²) < 4.78 is 28.8. The second kappa shape index (κ2) is 16.5. The molecule has 7 nitrogen and oxygen atoms in total. The van der Waals surface area contributed by atoms with Gasteiger partial charge in [-0.05, 0) is 45.4 Å². The summed E-state index contributed by atoms with van der Waals surface area (Å²) in [6.07, 6.45) is 13.8. The van der Waals surface area contributed by atoms with E-state index in [0.29, 0.717) is 18.7 Å². The highest BCUT2D eigenvalue weighted by Gasteiger charge is 2.20. The van der Waals surface area contributed by atoms with E-state index in [-0.39, 0.29) is 29.7 Å². The first kappa shape index (κ1) is 28.9. The molecule has 1 aliphatic carbocycles. The average molecular weight is 573 g/mol. The molecule has 2 N–H and O–H groups in total. The molecule has 1 saturated carbocycles. The highest BCUT2D eigenvalue weighted by Crippen LogP contribution is 2.20. The predicted octanol–water partition coefficient (Wildman–Crippen LogP) is 3.19. The zero-order chi connectivity index (χ0) is 21.7. The summed E-state index contributed by atoms with van der Waals surface area (Å²) in [4.78, 5) is 6.99. The highest BCUT2D eigenvalue weighted by atomic mass is 127. The van der Waals surface area contributed by atoms with Gasteiger partial charge in [-0.15, -0.1) is 24.0 Å². The van der Waals surface area contributed by atoms with E-state index < -0.39 is 9.84 Å². The fourth-order valence-electron chi connectivity index (χ4n) is 4.17. The van der Waals surface area contributed by atoms with Crippen LogP contribution in [0.3, 0.4) is 0 Å². The van der Waals surface area contributed by atoms with Gasteiger partial charge >= 0.3 is 0 Å². The molecule has 1 saturated heterocycles. The number of ether oxygens (including phenoxy) is 1. The molecule has 2 fully saturated rings. The Kier molecular flexibility index (Phi) is 15.4. The Hall–Kier alpha value is -0.130. The lowest BCUT2D eigenvalue weighted by atomic mass is 10.1. The van der Waals surface area contributed by atoms with Gasteiger partial charge in [0.2, 0.25) is 0 Å². The van der Waals surface area contributed by atoms with Gasteiger partial charge in [0, 0.05) is 51.6 Å². The van der Waals surface area contributed by atoms with Gasteiger partial charge in [-0.25, -0.2) is 8.42 Å². The molecule has 0 unspecified atom stereocenters. The number of piperidine rings is 1. The molecule has 0 atom stereocenters. The number of nitrogens with one attached hydrogen (secondary N) is 2. The molecule has 0 radical (unpaired) electrons. The Morgan fingerprint density at radius 3 is 2.35 bits per heavy atom. The van der Waals surface area contributed by atoms with Crippen molar-refractivity contribution < 1.29 is 13.2 Å². The number of sulfone groups is 1. The maximum Gasteiger partial charge on any atom is 0.191 e. The van der Waals surface area contributed by atoms with Crippen molar-refractivity contribution in [2.45, 2.75) is 83.3 Å². The molecule has 0 aromatic heterocycles. The van der Waals surface area contributed by atoms with Crippen molar-refractivity contribution in [3.63, 3.8) is 0 Å². The summed E-state index contributed by atoms with van der Waals surface area (Å²) in [5.74, 6) is 1.15. The van der Waals surface area contributed by atoms with Crippen molar-refractivity contribution in [2.75, 3.05) is 51.3 Å². The van der Waals surface area contributed by atoms with E-state index in [9.17, 15) is 8.42 Å². The number of unbranched alkanes of at least 4 members (excludes halogenated alkanes) is 1. The number of hydrogen-bond acceptors (Lipinski definition) is 5. The van der Waals surface area contributed by atoms with Gasteiger partial charge in [-0.2, -0.15) is 0 Å². The van der Waals surface area contributed by atoms with Crippen molar-refractivity contribution in [3.8, 4) is 0 Å². The lowest BCUT2D eigenvalue weighted by Gasteiger charge is -2.32. The number of aliphatic imine (C=N–C) groups is 1. The standard InChI is InChI=1S/C22H44N4O3S.HI/c1-3-23-22(24-14-8-9-18-29-21-10-6-4-5-7-11-21)25-20-12-15-26(16-13-20)17-19-30(2,27)28;/h20-21H,3-19H2,1-2H3,(H2,23,24,25);1H. The minimum absolute atomic E-state index is 0. The molecular weight excluding hydrogens is 527 g/mol. The Morgan fingerprint density at radius 2 is 1.74 bits per heavy atom. The Bertz CT molecular complexity index is 588. The van der Waals surface area contributed by atoms with Crippen LogP contribution < -0.4 is 10.6 Å². The maximum atomic E-state index is 11.3. The van der Waals surface area contributed by atoms with E-state index >= 15 is 0 Å². The van der Waals surface area contributed by atoms with Crippen LogP contribution >= 0.6 is 24.0 Å². The molecular formula is C22H45IN4O3S. The minimum Gasteiger partial charge on any atom is -0.378 e. The Morgan fingerprint density at radius 1 is 1.06 bits per heavy atom. The normalized spacial score (nSPS) is 20.1. The van der Waals surface area contributed by atoms with Crippen LogP contribution in [0.5, 0.6) is 0 Å². The van der Waals surface area contributed by atoms with Crippen molar-refractivity contribution in [3.05, 3.63) is 0 Å². The molecule has 0 spiro atoms. The maximum absolute atomic E-state index is 11.3. The van der Waals surface area contributed by atoms with Crippen molar-refractivity contribution in [1.82, 2.24) is 15.5 Å². The average Bonchev–Trinajstić information content (AvgIpc) is 2.98. The molecule has 9 heteroatoms. The van der Waals surface area contributed by atoms with Gasteiger partial charge < -0.3 is 20.3 Å². The van der Waals surface area contributed by atoms with E-state index in [4.69, 9.17) is 9.73 Å². The van der Waals surface area contributed by atoms with Gasteiger partial charge in [0.1, 0.15) is 9.84 Å². The van der Waals surface area contributed by atoms with Crippen molar-refractivity contribution in [1.29, 1.82) is 0 Å². The molecule has 0 aromatic rings. The SMILES string of the molecule is CCNC(=NCCCCOC1CCCCCC1)NC1CCN(CCS(C)(=O)=O)CC1.I. The van der Waals surface area contributed by atoms with E-state index in [1.807, 2.05) is 0 Å². The van der Waals surface area contributed by atoms with Crippen LogP contribution in [0.2, 0.25) is 0 Å². The molecule has 0 amide bonds. The summed E-state index contributed by atoms with van der Waals surface area (Å²) >= 11 is 0. The zero-order valence-electron chi connectivity index (χ0n) is 19.6. The third kappa shape index (κ3) is 13.9. The second-order valence-electron chi connectivity index (χ2n) is 8.84. The Labute approximate surface area is 207 Å². The molecule has 1 aliphatic heterocycles. The summed E-state index contributed by atoms with van der Waals surface area (Å²) in [6, 6.07) is 0.399. The number of guanidine groups is 1. The first-order valence-electron chi connectivity index (χ1n) is 12.0. The molecule has 31 heavy (non-hydrogen) atoms. The summed E-state index contributed by atoms with van der Waals surface area (Å²) in [7, 11) is -2.88. The quantitative estimate of drug-likeness (QED) is 0.130. The highest BCUT2D eigenvalue weighted by molar-refractivity contribution is 14.0. The second-order valence-corrected chi connectivity index (χ2v) is 11.1. The minimum atomic E-state index is -2.88. The van der Waals surface area contributed by atoms with Crippen LogP contribution in [-0.4, -0.2) is 82.8 Å². The largest absolute Gasteiger partial charge is 0.378 e. The summed E-state index contributed by atoms with van der Waals surface area (Å²) in [6.45, 7) is 7.13. The Balaban J connectivity index is 0.00000480. The third-order valence-electron chi connectivity index (χ3n) is 6.03. The molecule has 1 heterocycles. The van der Waals surface area contributed by atoms with E-state index in [1.54, 1.807) is 0 Å². The van der Waals surface area contributed by atoms with Gasteiger partial charge in [0.05, 0.1) is 11.9 Å². The fourth-order valence-corrected chi connectivity index (χ4v) is 4.76. The number of likely N-dealkylation sites (tertiary alicyclic amines) is 1. The monoisotopic (exact) mass is 572 g/mol. The zero-order valence-corrected chi connectivity index (χ0v) is 22.8. The van der Waals surface area contributed by atoms with E-state index in [0.717, 1.165) is 64.4 Å². The fraction of sp³-hybridized carbons (Fsp3) is 0.955. The smallest absolute Gasteiger partial charge is 0.191 e.